The first kappa shape index (κ1) is 11.1. The molecule has 16 heavy (non-hydrogen) atoms. The Morgan fingerprint density at radius 3 is 2.62 bits per heavy atom. The van der Waals surface area contributed by atoms with Crippen molar-refractivity contribution in [2.75, 3.05) is 0 Å². The maximum absolute atomic E-state index is 4.79. The number of benzene rings is 1. The number of hydrogen-bond acceptors (Lipinski definition) is 1. The van der Waals surface area contributed by atoms with Crippen LogP contribution in [0.1, 0.15) is 44.4 Å². The highest BCUT2D eigenvalue weighted by atomic mass is 14.7. The quantitative estimate of drug-likeness (QED) is 0.740. The van der Waals surface area contributed by atoms with Crippen LogP contribution in [0.4, 0.5) is 0 Å². The molecule has 1 nitrogen and oxygen atoms in total. The molecule has 2 aromatic rings. The SMILES string of the molecule is CCCc1nc2ccccc2cc1C(C)C. The molecule has 84 valence electrons. The van der Waals surface area contributed by atoms with Gasteiger partial charge in [-0.2, -0.15) is 0 Å². The van der Waals surface area contributed by atoms with Crippen LogP contribution in [0, 0.1) is 0 Å². The average Bonchev–Trinajstić information content (AvgIpc) is 2.28. The van der Waals surface area contributed by atoms with Gasteiger partial charge in [0.1, 0.15) is 0 Å². The van der Waals surface area contributed by atoms with Gasteiger partial charge in [0.15, 0.2) is 0 Å². The monoisotopic (exact) mass is 213 g/mol. The van der Waals surface area contributed by atoms with Gasteiger partial charge in [-0.3, -0.25) is 4.98 Å². The molecule has 0 spiro atoms. The molecule has 0 N–H and O–H groups in total. The lowest BCUT2D eigenvalue weighted by molar-refractivity contribution is 0.801. The molecule has 0 amide bonds. The van der Waals surface area contributed by atoms with Crippen molar-refractivity contribution in [2.45, 2.75) is 39.5 Å². The summed E-state index contributed by atoms with van der Waals surface area (Å²) in [7, 11) is 0. The number of hydrogen-bond donors (Lipinski definition) is 0. The molecule has 0 unspecified atom stereocenters. The van der Waals surface area contributed by atoms with Gasteiger partial charge >= 0.3 is 0 Å². The van der Waals surface area contributed by atoms with E-state index in [0.717, 1.165) is 18.4 Å². The summed E-state index contributed by atoms with van der Waals surface area (Å²) in [4.78, 5) is 4.79. The number of rotatable bonds is 3. The van der Waals surface area contributed by atoms with Crippen LogP contribution < -0.4 is 0 Å². The molecule has 0 aliphatic rings. The van der Waals surface area contributed by atoms with Crippen LogP contribution in [0.3, 0.4) is 0 Å². The summed E-state index contributed by atoms with van der Waals surface area (Å²) in [5.74, 6) is 0.554. The zero-order chi connectivity index (χ0) is 11.5. The van der Waals surface area contributed by atoms with E-state index in [1.165, 1.54) is 16.6 Å². The van der Waals surface area contributed by atoms with Crippen molar-refractivity contribution < 1.29 is 0 Å². The highest BCUT2D eigenvalue weighted by Crippen LogP contribution is 2.24. The number of aromatic nitrogens is 1. The zero-order valence-corrected chi connectivity index (χ0v) is 10.3. The van der Waals surface area contributed by atoms with Gasteiger partial charge in [-0.15, -0.1) is 0 Å². The number of nitrogens with zero attached hydrogens (tertiary/aromatic N) is 1. The molecule has 1 heterocycles. The van der Waals surface area contributed by atoms with E-state index in [-0.39, 0.29) is 0 Å². The Kier molecular flexibility index (Phi) is 3.23. The summed E-state index contributed by atoms with van der Waals surface area (Å²) in [5.41, 5.74) is 3.80. The zero-order valence-electron chi connectivity index (χ0n) is 10.3. The second-order valence-electron chi connectivity index (χ2n) is 4.62. The normalized spacial score (nSPS) is 11.2. The molecule has 0 radical (unpaired) electrons. The molecule has 1 aromatic carbocycles. The van der Waals surface area contributed by atoms with Gasteiger partial charge in [0.25, 0.3) is 0 Å². The summed E-state index contributed by atoms with van der Waals surface area (Å²) < 4.78 is 0. The molecule has 0 saturated carbocycles. The second-order valence-corrected chi connectivity index (χ2v) is 4.62. The number of pyridine rings is 1. The first-order chi connectivity index (χ1) is 7.72. The smallest absolute Gasteiger partial charge is 0.0705 e. The summed E-state index contributed by atoms with van der Waals surface area (Å²) in [6.07, 6.45) is 2.24. The Bertz CT molecular complexity index is 486. The first-order valence-corrected chi connectivity index (χ1v) is 6.11. The van der Waals surface area contributed by atoms with Crippen molar-refractivity contribution in [1.82, 2.24) is 4.98 Å². The molecule has 0 saturated heterocycles. The fourth-order valence-electron chi connectivity index (χ4n) is 2.11. The van der Waals surface area contributed by atoms with Crippen LogP contribution in [0.5, 0.6) is 0 Å². The highest BCUT2D eigenvalue weighted by molar-refractivity contribution is 5.79. The first-order valence-electron chi connectivity index (χ1n) is 6.11. The molecule has 0 bridgehead atoms. The van der Waals surface area contributed by atoms with Crippen molar-refractivity contribution >= 4 is 10.9 Å². The van der Waals surface area contributed by atoms with E-state index in [4.69, 9.17) is 4.98 Å². The van der Waals surface area contributed by atoms with Gasteiger partial charge < -0.3 is 0 Å². The fourth-order valence-corrected chi connectivity index (χ4v) is 2.11. The lowest BCUT2D eigenvalue weighted by atomic mass is 9.97. The Labute approximate surface area is 97.5 Å². The lowest BCUT2D eigenvalue weighted by Gasteiger charge is -2.12. The summed E-state index contributed by atoms with van der Waals surface area (Å²) in [6.45, 7) is 6.69. The van der Waals surface area contributed by atoms with Gasteiger partial charge in [-0.1, -0.05) is 45.4 Å². The molecule has 0 aliphatic heterocycles. The van der Waals surface area contributed by atoms with E-state index >= 15 is 0 Å². The number of aryl methyl sites for hydroxylation is 1. The van der Waals surface area contributed by atoms with E-state index in [1.807, 2.05) is 0 Å². The Hall–Kier alpha value is -1.37. The van der Waals surface area contributed by atoms with Crippen molar-refractivity contribution in [1.29, 1.82) is 0 Å². The standard InChI is InChI=1S/C15H19N/c1-4-7-15-13(11(2)3)10-12-8-5-6-9-14(12)16-15/h5-6,8-11H,4,7H2,1-3H3. The van der Waals surface area contributed by atoms with Crippen LogP contribution in [0.2, 0.25) is 0 Å². The minimum atomic E-state index is 0.554. The number of para-hydroxylation sites is 1. The molecule has 2 rings (SSSR count). The molecule has 0 fully saturated rings. The van der Waals surface area contributed by atoms with Gasteiger partial charge in [-0.25, -0.2) is 0 Å². The minimum Gasteiger partial charge on any atom is -0.253 e. The summed E-state index contributed by atoms with van der Waals surface area (Å²) >= 11 is 0. The van der Waals surface area contributed by atoms with Gasteiger partial charge in [-0.05, 0) is 30.0 Å². The third-order valence-electron chi connectivity index (χ3n) is 2.95. The Morgan fingerprint density at radius 1 is 1.19 bits per heavy atom. The molecule has 1 heteroatoms. The second kappa shape index (κ2) is 4.65. The highest BCUT2D eigenvalue weighted by Gasteiger charge is 2.09. The van der Waals surface area contributed by atoms with E-state index < -0.39 is 0 Å². The average molecular weight is 213 g/mol. The van der Waals surface area contributed by atoms with E-state index in [2.05, 4.69) is 51.1 Å². The Balaban J connectivity index is 2.61. The molecular weight excluding hydrogens is 194 g/mol. The van der Waals surface area contributed by atoms with E-state index in [0.29, 0.717) is 5.92 Å². The fraction of sp³-hybridized carbons (Fsp3) is 0.400. The van der Waals surface area contributed by atoms with Crippen LogP contribution >= 0.6 is 0 Å². The van der Waals surface area contributed by atoms with Crippen LogP contribution in [0.15, 0.2) is 30.3 Å². The lowest BCUT2D eigenvalue weighted by Crippen LogP contribution is -2.00. The van der Waals surface area contributed by atoms with E-state index in [1.54, 1.807) is 0 Å². The van der Waals surface area contributed by atoms with Gasteiger partial charge in [0.2, 0.25) is 0 Å². The topological polar surface area (TPSA) is 12.9 Å². The van der Waals surface area contributed by atoms with E-state index in [9.17, 15) is 0 Å². The minimum absolute atomic E-state index is 0.554. The van der Waals surface area contributed by atoms with Crippen molar-refractivity contribution in [3.05, 3.63) is 41.6 Å². The summed E-state index contributed by atoms with van der Waals surface area (Å²) in [6, 6.07) is 10.7. The largest absolute Gasteiger partial charge is 0.253 e. The van der Waals surface area contributed by atoms with Crippen molar-refractivity contribution in [3.8, 4) is 0 Å². The third kappa shape index (κ3) is 2.08. The number of fused-ring (bicyclic) bond motifs is 1. The van der Waals surface area contributed by atoms with Crippen molar-refractivity contribution in [3.63, 3.8) is 0 Å². The van der Waals surface area contributed by atoms with Gasteiger partial charge in [0.05, 0.1) is 5.52 Å². The molecule has 0 aliphatic carbocycles. The molecule has 0 atom stereocenters. The predicted molar refractivity (Wildman–Crippen MR) is 69.8 cm³/mol. The predicted octanol–water partition coefficient (Wildman–Crippen LogP) is 4.31. The molecule has 1 aromatic heterocycles. The Morgan fingerprint density at radius 2 is 1.94 bits per heavy atom. The maximum Gasteiger partial charge on any atom is 0.0705 e. The van der Waals surface area contributed by atoms with Crippen LogP contribution in [0.25, 0.3) is 10.9 Å². The summed E-state index contributed by atoms with van der Waals surface area (Å²) in [5, 5.41) is 1.26. The van der Waals surface area contributed by atoms with Crippen molar-refractivity contribution in [2.24, 2.45) is 0 Å². The van der Waals surface area contributed by atoms with Crippen LogP contribution in [-0.2, 0) is 6.42 Å². The third-order valence-corrected chi connectivity index (χ3v) is 2.95. The van der Waals surface area contributed by atoms with Crippen LogP contribution in [-0.4, -0.2) is 4.98 Å². The van der Waals surface area contributed by atoms with Gasteiger partial charge in [0, 0.05) is 11.1 Å². The maximum atomic E-state index is 4.79. The molecular formula is C15H19N.